The molecule has 292 valence electrons. The second kappa shape index (κ2) is 12.2. The molecule has 2 atom stereocenters. The van der Waals surface area contributed by atoms with E-state index >= 15 is 0 Å². The number of aromatic hydroxyl groups is 8. The first-order valence-electron chi connectivity index (χ1n) is 19.3. The molecule has 0 fully saturated rings. The van der Waals surface area contributed by atoms with E-state index in [1.165, 1.54) is 0 Å². The Morgan fingerprint density at radius 3 is 1.58 bits per heavy atom. The van der Waals surface area contributed by atoms with Crippen LogP contribution in [0.15, 0.2) is 127 Å². The Hall–Kier alpha value is -8.04. The first-order valence-corrected chi connectivity index (χ1v) is 19.3. The Labute approximate surface area is 341 Å². The molecule has 8 N–H and O–H groups in total. The second-order valence-electron chi connectivity index (χ2n) is 15.7. The van der Waals surface area contributed by atoms with Crippen LogP contribution in [-0.2, 0) is 5.41 Å². The number of hydrogen-bond donors (Lipinski definition) is 8. The molecule has 2 unspecified atom stereocenters. The van der Waals surface area contributed by atoms with Crippen LogP contribution in [0.2, 0.25) is 0 Å². The minimum absolute atomic E-state index is 0.0196. The summed E-state index contributed by atoms with van der Waals surface area (Å²) in [5.74, 6) is -6.87. The first kappa shape index (κ1) is 35.1. The maximum Gasteiger partial charge on any atom is 0.204 e. The molecule has 9 nitrogen and oxygen atoms in total. The van der Waals surface area contributed by atoms with Gasteiger partial charge >= 0.3 is 0 Å². The fraction of sp³-hybridized carbons (Fsp3) is 0.0588. The van der Waals surface area contributed by atoms with Crippen molar-refractivity contribution in [2.45, 2.75) is 18.4 Å². The van der Waals surface area contributed by atoms with Crippen LogP contribution in [-0.4, -0.2) is 47.0 Å². The van der Waals surface area contributed by atoms with Crippen LogP contribution in [0.1, 0.15) is 23.6 Å². The molecule has 0 radical (unpaired) electrons. The standard InChI is InChI=1S/C51H34O9/c1-51-33-9-5-3-7-27(33)19-21-36(51)60-35-20-18-30(23-34(35)51)38-41-39(43(52)47(56)49(58)45(41)54)37(40-42(38)46(55)50(59)48(57)44(40)53)28-15-10-24(11-16-28)29-17-14-26-13-12-25-6-2-4-8-31(25)32(26)22-29/h2-23,36,52-59H,1H3. The maximum atomic E-state index is 11.8. The molecular weight excluding hydrogens is 757 g/mol. The molecule has 1 aliphatic carbocycles. The van der Waals surface area contributed by atoms with Gasteiger partial charge in [0.2, 0.25) is 23.0 Å². The largest absolute Gasteiger partial charge is 0.504 e. The molecule has 0 spiro atoms. The molecule has 0 saturated carbocycles. The zero-order valence-corrected chi connectivity index (χ0v) is 31.8. The van der Waals surface area contributed by atoms with E-state index in [0.717, 1.165) is 49.4 Å². The maximum absolute atomic E-state index is 11.8. The number of hydrogen-bond acceptors (Lipinski definition) is 9. The van der Waals surface area contributed by atoms with Gasteiger partial charge in [0.1, 0.15) is 11.9 Å². The summed E-state index contributed by atoms with van der Waals surface area (Å²) in [5, 5.41) is 95.1. The average Bonchev–Trinajstić information content (AvgIpc) is 3.59. The van der Waals surface area contributed by atoms with Crippen molar-refractivity contribution in [3.63, 3.8) is 0 Å². The van der Waals surface area contributed by atoms with E-state index in [2.05, 4.69) is 37.3 Å². The van der Waals surface area contributed by atoms with Crippen LogP contribution in [0.5, 0.6) is 51.7 Å². The minimum Gasteiger partial charge on any atom is -0.504 e. The van der Waals surface area contributed by atoms with E-state index in [9.17, 15) is 40.9 Å². The van der Waals surface area contributed by atoms with Gasteiger partial charge in [0.25, 0.3) is 0 Å². The van der Waals surface area contributed by atoms with Crippen LogP contribution in [0, 0.1) is 0 Å². The van der Waals surface area contributed by atoms with Gasteiger partial charge in [-0.15, -0.1) is 0 Å². The molecule has 1 aliphatic heterocycles. The molecule has 0 saturated heterocycles. The summed E-state index contributed by atoms with van der Waals surface area (Å²) >= 11 is 0. The third-order valence-corrected chi connectivity index (χ3v) is 12.7. The monoisotopic (exact) mass is 790 g/mol. The van der Waals surface area contributed by atoms with Gasteiger partial charge in [0.05, 0.1) is 5.41 Å². The molecule has 0 aromatic heterocycles. The lowest BCUT2D eigenvalue weighted by molar-refractivity contribution is 0.224. The molecule has 0 amide bonds. The van der Waals surface area contributed by atoms with Crippen molar-refractivity contribution in [2.24, 2.45) is 0 Å². The summed E-state index contributed by atoms with van der Waals surface area (Å²) in [4.78, 5) is 0. The van der Waals surface area contributed by atoms with E-state index < -0.39 is 51.4 Å². The average molecular weight is 791 g/mol. The topological polar surface area (TPSA) is 171 Å². The summed E-state index contributed by atoms with van der Waals surface area (Å²) < 4.78 is 6.44. The Morgan fingerprint density at radius 1 is 0.433 bits per heavy atom. The van der Waals surface area contributed by atoms with Crippen molar-refractivity contribution < 1.29 is 45.6 Å². The fourth-order valence-electron chi connectivity index (χ4n) is 9.65. The third-order valence-electron chi connectivity index (χ3n) is 12.7. The smallest absolute Gasteiger partial charge is 0.204 e. The van der Waals surface area contributed by atoms with Crippen LogP contribution in [0.25, 0.3) is 82.5 Å². The number of phenols is 8. The Kier molecular flexibility index (Phi) is 7.17. The van der Waals surface area contributed by atoms with E-state index in [0.29, 0.717) is 16.9 Å². The van der Waals surface area contributed by atoms with Crippen LogP contribution in [0.3, 0.4) is 0 Å². The van der Waals surface area contributed by atoms with Crippen molar-refractivity contribution in [1.29, 1.82) is 0 Å². The zero-order chi connectivity index (χ0) is 41.4. The molecular formula is C51H34O9. The van der Waals surface area contributed by atoms with Crippen molar-refractivity contribution >= 4 is 49.2 Å². The molecule has 11 rings (SSSR count). The highest BCUT2D eigenvalue weighted by Gasteiger charge is 2.48. The fourth-order valence-corrected chi connectivity index (χ4v) is 9.65. The molecule has 60 heavy (non-hydrogen) atoms. The quantitative estimate of drug-likeness (QED) is 0.0375. The van der Waals surface area contributed by atoms with Gasteiger partial charge in [-0.1, -0.05) is 109 Å². The van der Waals surface area contributed by atoms with Gasteiger partial charge in [0.15, 0.2) is 23.0 Å². The number of ether oxygens (including phenoxy) is 1. The molecule has 2 aliphatic rings. The number of benzene rings is 9. The zero-order valence-electron chi connectivity index (χ0n) is 31.8. The predicted octanol–water partition coefficient (Wildman–Crippen LogP) is 11.0. The summed E-state index contributed by atoms with van der Waals surface area (Å²) in [6.45, 7) is 2.05. The van der Waals surface area contributed by atoms with E-state index in [1.807, 2.05) is 78.9 Å². The predicted molar refractivity (Wildman–Crippen MR) is 232 cm³/mol. The van der Waals surface area contributed by atoms with Gasteiger partial charge in [-0.2, -0.15) is 0 Å². The van der Waals surface area contributed by atoms with Crippen LogP contribution < -0.4 is 4.74 Å². The van der Waals surface area contributed by atoms with Crippen molar-refractivity contribution in [3.8, 4) is 85.1 Å². The summed E-state index contributed by atoms with van der Waals surface area (Å²) in [6.07, 6.45) is 3.63. The number of rotatable bonds is 3. The minimum atomic E-state index is -1.03. The summed E-state index contributed by atoms with van der Waals surface area (Å²) in [5.41, 5.74) is 4.41. The lowest BCUT2D eigenvalue weighted by Crippen LogP contribution is -2.37. The second-order valence-corrected chi connectivity index (χ2v) is 15.7. The van der Waals surface area contributed by atoms with Crippen molar-refractivity contribution in [3.05, 3.63) is 144 Å². The molecule has 1 heterocycles. The molecule has 9 heteroatoms. The first-order chi connectivity index (χ1) is 29.0. The highest BCUT2D eigenvalue weighted by atomic mass is 16.5. The third kappa shape index (κ3) is 4.57. The van der Waals surface area contributed by atoms with Crippen LogP contribution in [0.4, 0.5) is 0 Å². The van der Waals surface area contributed by atoms with E-state index in [4.69, 9.17) is 4.74 Å². The summed E-state index contributed by atoms with van der Waals surface area (Å²) in [6, 6.07) is 38.7. The Balaban J connectivity index is 1.19. The highest BCUT2D eigenvalue weighted by molar-refractivity contribution is 6.29. The normalized spacial score (nSPS) is 16.6. The molecule has 0 bridgehead atoms. The van der Waals surface area contributed by atoms with E-state index in [-0.39, 0.29) is 38.8 Å². The van der Waals surface area contributed by atoms with Gasteiger partial charge in [-0.3, -0.25) is 0 Å². The van der Waals surface area contributed by atoms with Gasteiger partial charge in [-0.25, -0.2) is 0 Å². The SMILES string of the molecule is CC12c3ccccc3C=CC1Oc1ccc(-c3c4c(O)c(O)c(O)c(O)c4c(-c4ccc(-c5ccc6ccc7ccccc7c6c5)cc4)c4c(O)c(O)c(O)c(O)c34)cc12. The lowest BCUT2D eigenvalue weighted by Gasteiger charge is -2.34. The summed E-state index contributed by atoms with van der Waals surface area (Å²) in [7, 11) is 0. The van der Waals surface area contributed by atoms with Gasteiger partial charge < -0.3 is 45.6 Å². The van der Waals surface area contributed by atoms with Gasteiger partial charge in [0, 0.05) is 38.2 Å². The Morgan fingerprint density at radius 2 is 0.933 bits per heavy atom. The number of phenolic OH excluding ortho intramolecular Hbond substituents is 8. The lowest BCUT2D eigenvalue weighted by atomic mass is 9.68. The molecule has 9 aromatic carbocycles. The van der Waals surface area contributed by atoms with E-state index in [1.54, 1.807) is 24.3 Å². The van der Waals surface area contributed by atoms with Gasteiger partial charge in [-0.05, 0) is 86.1 Å². The highest BCUT2D eigenvalue weighted by Crippen LogP contribution is 2.62. The number of fused-ring (bicyclic) bond motifs is 10. The van der Waals surface area contributed by atoms with Crippen molar-refractivity contribution in [1.82, 2.24) is 0 Å². The Bertz CT molecular complexity index is 3320. The van der Waals surface area contributed by atoms with Crippen LogP contribution >= 0.6 is 0 Å². The molecule has 9 aromatic rings. The van der Waals surface area contributed by atoms with Crippen molar-refractivity contribution in [2.75, 3.05) is 0 Å².